The Kier molecular flexibility index (Phi) is 6.84. The van der Waals surface area contributed by atoms with E-state index in [0.717, 1.165) is 50.0 Å². The minimum Gasteiger partial charge on any atom is -0.497 e. The van der Waals surface area contributed by atoms with Gasteiger partial charge in [-0.05, 0) is 24.1 Å². The van der Waals surface area contributed by atoms with E-state index < -0.39 is 0 Å². The second kappa shape index (κ2) is 10.1. The number of amides is 1. The van der Waals surface area contributed by atoms with Crippen LogP contribution in [0.4, 0.5) is 5.95 Å². The Balaban J connectivity index is 1.26. The standard InChI is InChI=1S/C24H29N5O2/c1-31-22-9-5-8-21(18-22)29-13-12-26-24(29)28-16-14-27(15-17-28)19-23(30)25-11-10-20-6-3-2-4-7-20/h2-9,12-13,18H,10-11,14-17,19H2,1H3,(H,25,30). The van der Waals surface area contributed by atoms with Gasteiger partial charge in [0.1, 0.15) is 5.75 Å². The molecule has 7 heteroatoms. The molecule has 3 aromatic rings. The molecule has 0 spiro atoms. The fourth-order valence-corrected chi connectivity index (χ4v) is 3.85. The number of nitrogens with zero attached hydrogens (tertiary/aromatic N) is 4. The van der Waals surface area contributed by atoms with Crippen molar-refractivity contribution in [1.29, 1.82) is 0 Å². The lowest BCUT2D eigenvalue weighted by Gasteiger charge is -2.35. The number of aromatic nitrogens is 2. The monoisotopic (exact) mass is 419 g/mol. The maximum absolute atomic E-state index is 12.3. The molecule has 1 fully saturated rings. The zero-order chi connectivity index (χ0) is 21.5. The molecule has 0 aliphatic carbocycles. The maximum atomic E-state index is 12.3. The molecule has 1 N–H and O–H groups in total. The van der Waals surface area contributed by atoms with Gasteiger partial charge in [-0.1, -0.05) is 36.4 Å². The molecule has 2 heterocycles. The highest BCUT2D eigenvalue weighted by Crippen LogP contribution is 2.22. The lowest BCUT2D eigenvalue weighted by molar-refractivity contribution is -0.122. The van der Waals surface area contributed by atoms with Crippen LogP contribution in [-0.4, -0.2) is 66.7 Å². The Morgan fingerprint density at radius 2 is 1.87 bits per heavy atom. The van der Waals surface area contributed by atoms with E-state index in [1.807, 2.05) is 54.9 Å². The topological polar surface area (TPSA) is 62.6 Å². The van der Waals surface area contributed by atoms with Gasteiger partial charge in [0, 0.05) is 51.2 Å². The maximum Gasteiger partial charge on any atom is 0.234 e. The number of nitrogens with one attached hydrogen (secondary N) is 1. The van der Waals surface area contributed by atoms with Gasteiger partial charge in [0.05, 0.1) is 19.3 Å². The number of imidazole rings is 1. The van der Waals surface area contributed by atoms with E-state index in [1.54, 1.807) is 7.11 Å². The number of anilines is 1. The summed E-state index contributed by atoms with van der Waals surface area (Å²) in [6, 6.07) is 18.2. The lowest BCUT2D eigenvalue weighted by atomic mass is 10.1. The number of carbonyl (C=O) groups is 1. The van der Waals surface area contributed by atoms with Gasteiger partial charge in [0.2, 0.25) is 11.9 Å². The zero-order valence-corrected chi connectivity index (χ0v) is 17.9. The SMILES string of the molecule is COc1cccc(-n2ccnc2N2CCN(CC(=O)NCCc3ccccc3)CC2)c1. The molecule has 1 saturated heterocycles. The highest BCUT2D eigenvalue weighted by atomic mass is 16.5. The lowest BCUT2D eigenvalue weighted by Crippen LogP contribution is -2.50. The van der Waals surface area contributed by atoms with Crippen LogP contribution in [0.25, 0.3) is 5.69 Å². The normalized spacial score (nSPS) is 14.4. The number of methoxy groups -OCH3 is 1. The molecular formula is C24H29N5O2. The van der Waals surface area contributed by atoms with E-state index in [-0.39, 0.29) is 5.91 Å². The first-order chi connectivity index (χ1) is 15.2. The fourth-order valence-electron chi connectivity index (χ4n) is 3.85. The van der Waals surface area contributed by atoms with E-state index in [2.05, 4.69) is 36.8 Å². The van der Waals surface area contributed by atoms with Crippen LogP contribution in [0.3, 0.4) is 0 Å². The molecule has 2 aromatic carbocycles. The van der Waals surface area contributed by atoms with Crippen LogP contribution in [0.2, 0.25) is 0 Å². The third kappa shape index (κ3) is 5.44. The third-order valence-electron chi connectivity index (χ3n) is 5.55. The van der Waals surface area contributed by atoms with Crippen LogP contribution in [0.1, 0.15) is 5.56 Å². The van der Waals surface area contributed by atoms with Gasteiger partial charge in [-0.3, -0.25) is 14.3 Å². The summed E-state index contributed by atoms with van der Waals surface area (Å²) in [6.07, 6.45) is 4.64. The molecule has 1 aromatic heterocycles. The molecule has 162 valence electrons. The van der Waals surface area contributed by atoms with Crippen molar-refractivity contribution in [3.05, 3.63) is 72.6 Å². The molecule has 1 aliphatic heterocycles. The van der Waals surface area contributed by atoms with Crippen LogP contribution in [-0.2, 0) is 11.2 Å². The van der Waals surface area contributed by atoms with E-state index >= 15 is 0 Å². The van der Waals surface area contributed by atoms with Crippen molar-refractivity contribution in [3.63, 3.8) is 0 Å². The van der Waals surface area contributed by atoms with Crippen molar-refractivity contribution >= 4 is 11.9 Å². The van der Waals surface area contributed by atoms with E-state index in [4.69, 9.17) is 4.74 Å². The molecule has 1 aliphatic rings. The van der Waals surface area contributed by atoms with Crippen LogP contribution < -0.4 is 15.0 Å². The Labute approximate surface area is 183 Å². The van der Waals surface area contributed by atoms with Crippen molar-refractivity contribution in [2.45, 2.75) is 6.42 Å². The number of piperazine rings is 1. The molecule has 0 saturated carbocycles. The quantitative estimate of drug-likeness (QED) is 0.607. The number of benzene rings is 2. The van der Waals surface area contributed by atoms with Gasteiger partial charge in [0.25, 0.3) is 0 Å². The second-order valence-corrected chi connectivity index (χ2v) is 7.65. The molecule has 31 heavy (non-hydrogen) atoms. The Morgan fingerprint density at radius 3 is 2.65 bits per heavy atom. The minimum absolute atomic E-state index is 0.0854. The highest BCUT2D eigenvalue weighted by molar-refractivity contribution is 5.78. The summed E-state index contributed by atoms with van der Waals surface area (Å²) in [5.41, 5.74) is 2.26. The minimum atomic E-state index is 0.0854. The zero-order valence-electron chi connectivity index (χ0n) is 17.9. The second-order valence-electron chi connectivity index (χ2n) is 7.65. The molecule has 0 unspecified atom stereocenters. The first-order valence-electron chi connectivity index (χ1n) is 10.7. The molecule has 4 rings (SSSR count). The fraction of sp³-hybridized carbons (Fsp3) is 0.333. The first-order valence-corrected chi connectivity index (χ1v) is 10.7. The van der Waals surface area contributed by atoms with Crippen molar-refractivity contribution in [3.8, 4) is 11.4 Å². The third-order valence-corrected chi connectivity index (χ3v) is 5.55. The summed E-state index contributed by atoms with van der Waals surface area (Å²) in [5, 5.41) is 3.04. The molecule has 0 atom stereocenters. The predicted molar refractivity (Wildman–Crippen MR) is 122 cm³/mol. The average Bonchev–Trinajstić information content (AvgIpc) is 3.30. The Morgan fingerprint density at radius 1 is 1.06 bits per heavy atom. The Bertz CT molecular complexity index is 980. The summed E-state index contributed by atoms with van der Waals surface area (Å²) in [6.45, 7) is 4.43. The summed E-state index contributed by atoms with van der Waals surface area (Å²) >= 11 is 0. The number of rotatable bonds is 8. The van der Waals surface area contributed by atoms with Crippen LogP contribution in [0.15, 0.2) is 67.0 Å². The number of hydrogen-bond acceptors (Lipinski definition) is 5. The van der Waals surface area contributed by atoms with Crippen molar-refractivity contribution in [1.82, 2.24) is 19.8 Å². The van der Waals surface area contributed by atoms with Crippen molar-refractivity contribution < 1.29 is 9.53 Å². The summed E-state index contributed by atoms with van der Waals surface area (Å²) in [7, 11) is 1.67. The number of hydrogen-bond donors (Lipinski definition) is 1. The molecule has 7 nitrogen and oxygen atoms in total. The molecule has 1 amide bonds. The van der Waals surface area contributed by atoms with Crippen LogP contribution in [0.5, 0.6) is 5.75 Å². The number of carbonyl (C=O) groups excluding carboxylic acids is 1. The highest BCUT2D eigenvalue weighted by Gasteiger charge is 2.22. The summed E-state index contributed by atoms with van der Waals surface area (Å²) < 4.78 is 7.43. The van der Waals surface area contributed by atoms with Gasteiger partial charge in [-0.15, -0.1) is 0 Å². The smallest absolute Gasteiger partial charge is 0.234 e. The van der Waals surface area contributed by atoms with Gasteiger partial charge < -0.3 is 15.0 Å². The first kappa shape index (κ1) is 20.9. The van der Waals surface area contributed by atoms with E-state index in [0.29, 0.717) is 13.1 Å². The molecular weight excluding hydrogens is 390 g/mol. The van der Waals surface area contributed by atoms with Gasteiger partial charge >= 0.3 is 0 Å². The van der Waals surface area contributed by atoms with E-state index in [1.165, 1.54) is 5.56 Å². The van der Waals surface area contributed by atoms with Crippen molar-refractivity contribution in [2.75, 3.05) is 51.3 Å². The van der Waals surface area contributed by atoms with Gasteiger partial charge in [0.15, 0.2) is 0 Å². The molecule has 0 bridgehead atoms. The average molecular weight is 420 g/mol. The predicted octanol–water partition coefficient (Wildman–Crippen LogP) is 2.36. The van der Waals surface area contributed by atoms with Crippen LogP contribution in [0, 0.1) is 0 Å². The van der Waals surface area contributed by atoms with Gasteiger partial charge in [-0.2, -0.15) is 0 Å². The largest absolute Gasteiger partial charge is 0.497 e. The van der Waals surface area contributed by atoms with Crippen molar-refractivity contribution in [2.24, 2.45) is 0 Å². The number of ether oxygens (including phenoxy) is 1. The Hall–Kier alpha value is -3.32. The van der Waals surface area contributed by atoms with Crippen LogP contribution >= 0.6 is 0 Å². The van der Waals surface area contributed by atoms with E-state index in [9.17, 15) is 4.79 Å². The summed E-state index contributed by atoms with van der Waals surface area (Å²) in [5.74, 6) is 1.82. The summed E-state index contributed by atoms with van der Waals surface area (Å²) in [4.78, 5) is 21.4. The molecule has 0 radical (unpaired) electrons. The van der Waals surface area contributed by atoms with Gasteiger partial charge in [-0.25, -0.2) is 4.98 Å².